The van der Waals surface area contributed by atoms with Gasteiger partial charge in [-0.3, -0.25) is 77.3 Å². The molecule has 0 fully saturated rings. The molecule has 0 unspecified atom stereocenters. The Morgan fingerprint density at radius 1 is 0.482 bits per heavy atom. The van der Waals surface area contributed by atoms with Gasteiger partial charge in [0.2, 0.25) is 82.7 Å². The molecule has 2 rings (SSSR count). The molecule has 2 aromatic carbocycles. The number of amides is 14. The molecule has 0 aliphatic rings. The molecular weight excluding hydrogens is 1450 g/mol. The normalized spacial score (nSPS) is 14.6. The van der Waals surface area contributed by atoms with Crippen LogP contribution in [0.1, 0.15) is 143 Å². The Hall–Kier alpha value is -10.7. The van der Waals surface area contributed by atoms with Crippen LogP contribution >= 0.6 is 11.8 Å². The second-order valence-corrected chi connectivity index (χ2v) is 28.4. The monoisotopic (exact) mass is 1570 g/mol. The number of thioether (sulfide) groups is 1. The van der Waals surface area contributed by atoms with Crippen LogP contribution in [-0.4, -0.2) is 220 Å². The number of guanidine groups is 1. The van der Waals surface area contributed by atoms with E-state index in [-0.39, 0.29) is 82.5 Å². The Morgan fingerprint density at radius 3 is 1.49 bits per heavy atom. The Morgan fingerprint density at radius 2 is 0.964 bits per heavy atom. The zero-order valence-corrected chi connectivity index (χ0v) is 64.3. The number of benzene rings is 2. The van der Waals surface area contributed by atoms with Gasteiger partial charge in [-0.05, 0) is 124 Å². The second kappa shape index (κ2) is 50.1. The van der Waals surface area contributed by atoms with Gasteiger partial charge in [0.05, 0.1) is 19.0 Å². The van der Waals surface area contributed by atoms with Crippen LogP contribution in [0.25, 0.3) is 0 Å². The number of phenols is 1. The summed E-state index contributed by atoms with van der Waals surface area (Å²) in [6.07, 6.45) is -0.606. The number of hydrogen-bond acceptors (Lipinski definition) is 21. The minimum absolute atomic E-state index is 0.0132. The summed E-state index contributed by atoms with van der Waals surface area (Å²) in [6.45, 7) is 10.4. The van der Waals surface area contributed by atoms with Crippen molar-refractivity contribution in [2.75, 3.05) is 31.6 Å². The van der Waals surface area contributed by atoms with Crippen molar-refractivity contribution in [2.45, 2.75) is 217 Å². The summed E-state index contributed by atoms with van der Waals surface area (Å²) in [5, 5.41) is 69.4. The molecule has 38 nitrogen and oxygen atoms in total. The van der Waals surface area contributed by atoms with E-state index in [4.69, 9.17) is 34.1 Å². The molecule has 0 heterocycles. The number of nitrogens with one attached hydrogen (secondary N) is 14. The predicted molar refractivity (Wildman–Crippen MR) is 405 cm³/mol. The first-order chi connectivity index (χ1) is 51.8. The number of carboxylic acids is 2. The minimum Gasteiger partial charge on any atom is -0.508 e. The van der Waals surface area contributed by atoms with Crippen LogP contribution < -0.4 is 97.8 Å². The molecule has 13 atom stereocenters. The van der Waals surface area contributed by atoms with E-state index in [0.29, 0.717) is 23.3 Å². The average molecular weight is 1570 g/mol. The van der Waals surface area contributed by atoms with Gasteiger partial charge < -0.3 is 113 Å². The number of aromatic hydroxyl groups is 1. The largest absolute Gasteiger partial charge is 0.508 e. The summed E-state index contributed by atoms with van der Waals surface area (Å²) in [7, 11) is 0. The highest BCUT2D eigenvalue weighted by Crippen LogP contribution is 2.17. The third kappa shape index (κ3) is 36.9. The van der Waals surface area contributed by atoms with E-state index in [9.17, 15) is 92.0 Å². The van der Waals surface area contributed by atoms with Crippen LogP contribution in [0.3, 0.4) is 0 Å². The van der Waals surface area contributed by atoms with Gasteiger partial charge in [0, 0.05) is 32.2 Å². The van der Waals surface area contributed by atoms with E-state index in [1.807, 2.05) is 6.26 Å². The highest BCUT2D eigenvalue weighted by Gasteiger charge is 2.38. The highest BCUT2D eigenvalue weighted by molar-refractivity contribution is 7.98. The molecule has 0 aromatic heterocycles. The van der Waals surface area contributed by atoms with Gasteiger partial charge in [-0.25, -0.2) is 4.79 Å². The number of aliphatic carboxylic acids is 2. The fourth-order valence-corrected chi connectivity index (χ4v) is 11.3. The van der Waals surface area contributed by atoms with Crippen LogP contribution in [0.15, 0.2) is 54.6 Å². The van der Waals surface area contributed by atoms with Crippen molar-refractivity contribution < 1.29 is 92.0 Å². The van der Waals surface area contributed by atoms with Gasteiger partial charge in [-0.15, -0.1) is 0 Å². The number of rotatable bonds is 53. The zero-order valence-electron chi connectivity index (χ0n) is 63.5. The molecule has 0 spiro atoms. The molecule has 39 heteroatoms. The van der Waals surface area contributed by atoms with Gasteiger partial charge in [0.1, 0.15) is 72.2 Å². The molecule has 612 valence electrons. The zero-order chi connectivity index (χ0) is 82.9. The third-order valence-electron chi connectivity index (χ3n) is 17.3. The number of unbranched alkanes of at least 4 members (excludes halogenated alkanes) is 1. The Kier molecular flexibility index (Phi) is 43.4. The number of carbonyl (C=O) groups excluding carboxylic acids is 14. The smallest absolute Gasteiger partial charge is 0.326 e. The predicted octanol–water partition coefficient (Wildman–Crippen LogP) is -4.04. The SMILES string of the molecule is CC[C@H](C)[C@H](NC(=O)[C@@H](NC(=O)[C@H](CCCNC(=N)N)NC(=O)[C@H](CC(N)=O)NC(=O)CNC(=O)[C@H](Cc1ccc(O)cc1)NC(=O)[C@@H](N)CCSC)C(C)C)C(=O)N[C@@H](CCC(N)=O)C(=O)N[C@@H](CCCCN)C(=O)N[C@@H](C)C(=O)N[C@@H](CC(C)C)C(=O)N[C@@H](CCC(=O)O)C(=O)N[C@@H](Cc1ccccc1)C(=O)O. The van der Waals surface area contributed by atoms with Gasteiger partial charge >= 0.3 is 11.9 Å². The molecule has 14 amide bonds. The molecule has 110 heavy (non-hydrogen) atoms. The number of nitrogens with two attached hydrogens (primary N) is 5. The maximum Gasteiger partial charge on any atom is 0.326 e. The van der Waals surface area contributed by atoms with Crippen LogP contribution in [0, 0.1) is 23.2 Å². The van der Waals surface area contributed by atoms with Crippen molar-refractivity contribution >= 4 is 112 Å². The average Bonchev–Trinajstić information content (AvgIpc) is 0.850. The van der Waals surface area contributed by atoms with E-state index in [1.165, 1.54) is 43.0 Å². The fourth-order valence-electron chi connectivity index (χ4n) is 10.8. The molecule has 0 radical (unpaired) electrons. The molecule has 2 aromatic rings. The van der Waals surface area contributed by atoms with Gasteiger partial charge in [0.15, 0.2) is 5.96 Å². The Labute approximate surface area is 643 Å². The quantitative estimate of drug-likeness (QED) is 0.0170. The number of carboxylic acid groups (broad SMARTS) is 2. The van der Waals surface area contributed by atoms with Crippen LogP contribution in [0.2, 0.25) is 0 Å². The highest BCUT2D eigenvalue weighted by atomic mass is 32.2. The summed E-state index contributed by atoms with van der Waals surface area (Å²) in [6, 6.07) is -3.59. The summed E-state index contributed by atoms with van der Waals surface area (Å²) in [5.41, 5.74) is 29.4. The van der Waals surface area contributed by atoms with Crippen molar-refractivity contribution in [3.8, 4) is 5.75 Å². The van der Waals surface area contributed by atoms with E-state index >= 15 is 0 Å². The molecule has 0 saturated heterocycles. The lowest BCUT2D eigenvalue weighted by Crippen LogP contribution is -2.62. The van der Waals surface area contributed by atoms with Crippen molar-refractivity contribution in [1.29, 1.82) is 5.41 Å². The lowest BCUT2D eigenvalue weighted by molar-refractivity contribution is -0.143. The number of phenolic OH excluding ortho intramolecular Hbond substituents is 1. The number of carbonyl (C=O) groups is 16. The van der Waals surface area contributed by atoms with Crippen LogP contribution in [0.4, 0.5) is 0 Å². The molecule has 0 saturated carbocycles. The second-order valence-electron chi connectivity index (χ2n) is 27.4. The summed E-state index contributed by atoms with van der Waals surface area (Å²) >= 11 is 1.45. The minimum atomic E-state index is -1.78. The fraction of sp³-hybridized carbons (Fsp3) is 0.592. The van der Waals surface area contributed by atoms with E-state index in [2.05, 4.69) is 69.1 Å². The van der Waals surface area contributed by atoms with E-state index in [0.717, 1.165) is 0 Å². The number of primary amides is 2. The molecule has 0 bridgehead atoms. The van der Waals surface area contributed by atoms with E-state index in [1.54, 1.807) is 71.9 Å². The van der Waals surface area contributed by atoms with Gasteiger partial charge in [-0.1, -0.05) is 90.4 Å². The Balaban J connectivity index is 2.43. The van der Waals surface area contributed by atoms with Crippen LogP contribution in [0.5, 0.6) is 5.75 Å². The third-order valence-corrected chi connectivity index (χ3v) is 17.9. The van der Waals surface area contributed by atoms with Crippen molar-refractivity contribution in [3.05, 3.63) is 65.7 Å². The molecule has 0 aliphatic carbocycles. The summed E-state index contributed by atoms with van der Waals surface area (Å²) in [5.74, 6) is -17.9. The first-order valence-electron chi connectivity index (χ1n) is 36.3. The lowest BCUT2D eigenvalue weighted by Gasteiger charge is -2.30. The molecule has 0 aliphatic heterocycles. The first kappa shape index (κ1) is 95.4. The maximum atomic E-state index is 14.6. The van der Waals surface area contributed by atoms with E-state index < -0.39 is 224 Å². The lowest BCUT2D eigenvalue weighted by atomic mass is 9.95. The standard InChI is InChI=1S/C71H113N19O19S/c1-9-39(6)58(90-68(106)57(38(4)5)89-65(103)46(19-15-30-78-71(76)77)83-67(105)51(35-54(75)93)81-55(94)36-79-61(99)50(33-42-20-22-43(91)23-21-42)87-60(98)44(73)28-31-110-8)69(107)85-47(24-26-53(74)92)63(101)82-45(18-13-14-29-72)62(100)80-40(7)59(97)86-49(32-37(2)3)66(104)84-48(25-27-56(95)96)64(102)88-52(70(108)109)34-41-16-11-10-12-17-41/h10-12,16-17,20-23,37-40,44-52,57-58,91H,9,13-15,18-19,24-36,72-73H2,1-8H3,(H2,74,92)(H2,75,93)(H,79,99)(H,80,100)(H,81,94)(H,82,101)(H,83,105)(H,84,104)(H,85,107)(H,86,97)(H,87,98)(H,88,102)(H,89,103)(H,90,106)(H,95,96)(H,108,109)(H4,76,77,78)/t39-,40-,44-,45-,46-,47-,48-,49-,50-,51-,52-,57-,58-/m0/s1. The van der Waals surface area contributed by atoms with Crippen LogP contribution in [-0.2, 0) is 89.6 Å². The molecular formula is C71H113N19O19S. The summed E-state index contributed by atoms with van der Waals surface area (Å²) < 4.78 is 0. The number of hydrogen-bond donors (Lipinski definition) is 22. The maximum absolute atomic E-state index is 14.6. The van der Waals surface area contributed by atoms with Gasteiger partial charge in [0.25, 0.3) is 0 Å². The Bertz CT molecular complexity index is 3450. The van der Waals surface area contributed by atoms with Crippen molar-refractivity contribution in [1.82, 2.24) is 69.1 Å². The van der Waals surface area contributed by atoms with Crippen molar-refractivity contribution in [2.24, 2.45) is 46.4 Å². The van der Waals surface area contributed by atoms with Crippen molar-refractivity contribution in [3.63, 3.8) is 0 Å². The topological polar surface area (TPSA) is 644 Å². The van der Waals surface area contributed by atoms with Gasteiger partial charge in [-0.2, -0.15) is 11.8 Å². The first-order valence-corrected chi connectivity index (χ1v) is 37.7. The molecule has 27 N–H and O–H groups in total. The summed E-state index contributed by atoms with van der Waals surface area (Å²) in [4.78, 5) is 217.